The number of carboxylic acid groups (broad SMARTS) is 2. The Hall–Kier alpha value is 0.197. The fraction of sp³-hybridized carbons (Fsp3) is 0.857. The summed E-state index contributed by atoms with van der Waals surface area (Å²) in [6.45, 7) is 20.3. The molecule has 0 atom stereocenters. The van der Waals surface area contributed by atoms with Gasteiger partial charge in [-0.1, -0.05) is 0 Å². The van der Waals surface area contributed by atoms with E-state index in [0.717, 1.165) is 51.4 Å². The van der Waals surface area contributed by atoms with Crippen LogP contribution >= 0.6 is 0 Å². The average molecular weight is 726 g/mol. The van der Waals surface area contributed by atoms with Gasteiger partial charge in [-0.2, -0.15) is 0 Å². The van der Waals surface area contributed by atoms with E-state index in [4.69, 9.17) is 6.15 Å². The average Bonchev–Trinajstić information content (AvgIpc) is 2.73. The monoisotopic (exact) mass is 728 g/mol. The van der Waals surface area contributed by atoms with Crippen LogP contribution in [0, 0.1) is 0 Å². The van der Waals surface area contributed by atoms with E-state index in [1.165, 1.54) is 0 Å². The van der Waals surface area contributed by atoms with Crippen molar-refractivity contribution in [2.75, 3.05) is 0 Å². The fourth-order valence-electron chi connectivity index (χ4n) is 5.14. The normalized spacial score (nSPS) is 14.1. The Balaban J connectivity index is 7.81. The second-order valence-electron chi connectivity index (χ2n) is 12.2. The fourth-order valence-corrected chi connectivity index (χ4v) is 42.6. The third-order valence-electron chi connectivity index (χ3n) is 6.33. The number of hydrogen-bond acceptors (Lipinski definition) is 4. The summed E-state index contributed by atoms with van der Waals surface area (Å²) in [5.41, 5.74) is -1.09. The van der Waals surface area contributed by atoms with Crippen LogP contribution in [0.3, 0.4) is 0 Å². The van der Waals surface area contributed by atoms with Crippen LogP contribution in [-0.4, -0.2) is 70.9 Å². The van der Waals surface area contributed by atoms with Crippen molar-refractivity contribution in [3.05, 3.63) is 7.18 Å². The molecule has 0 amide bonds. The molecule has 0 aromatic rings. The van der Waals surface area contributed by atoms with Crippen molar-refractivity contribution in [2.45, 2.75) is 150 Å². The maximum atomic E-state index is 13.3. The second-order valence-corrected chi connectivity index (χ2v) is 33.3. The summed E-state index contributed by atoms with van der Waals surface area (Å²) in [7, 11) is 0. The Kier molecular flexibility index (Phi) is 16.4. The van der Waals surface area contributed by atoms with Gasteiger partial charge < -0.3 is 0 Å². The molecule has 0 heterocycles. The summed E-state index contributed by atoms with van der Waals surface area (Å²) in [6.07, 6.45) is 7.10. The first-order valence-corrected chi connectivity index (χ1v) is 27.4. The Bertz CT molecular complexity index is 643. The molecule has 8 heteroatoms. The Labute approximate surface area is 230 Å². The summed E-state index contributed by atoms with van der Waals surface area (Å²) in [5.74, 6) is -2.16. The number of unbranched alkanes of at least 4 members (excludes halogenated alkanes) is 4. The molecule has 0 saturated carbocycles. The van der Waals surface area contributed by atoms with Gasteiger partial charge in [0.15, 0.2) is 0 Å². The molecule has 36 heavy (non-hydrogen) atoms. The van der Waals surface area contributed by atoms with Crippen molar-refractivity contribution in [1.82, 2.24) is 0 Å². The van der Waals surface area contributed by atoms with E-state index in [1.54, 1.807) is 0 Å². The quantitative estimate of drug-likeness (QED) is 0.109. The zero-order valence-electron chi connectivity index (χ0n) is 25.0. The molecule has 0 aliphatic heterocycles. The molecule has 6 nitrogen and oxygen atoms in total. The molecule has 0 saturated heterocycles. The SMILES string of the molecule is CCC[CH2][Sn]([CH2]CCC)([O]C(C)(C)C)/[C](C(=O)O)=[C](/C(=O)O)[Sn]([CH2]CCC)([CH2]CCC)[O]C(C)(C)C. The first-order valence-electron chi connectivity index (χ1n) is 14.2. The first-order chi connectivity index (χ1) is 16.5. The van der Waals surface area contributed by atoms with Crippen LogP contribution in [0.15, 0.2) is 7.18 Å². The minimum absolute atomic E-state index is 0.181. The van der Waals surface area contributed by atoms with Crippen LogP contribution in [0.1, 0.15) is 121 Å². The van der Waals surface area contributed by atoms with Crippen molar-refractivity contribution >= 4 is 49.5 Å². The van der Waals surface area contributed by atoms with Gasteiger partial charge >= 0.3 is 232 Å². The van der Waals surface area contributed by atoms with Gasteiger partial charge in [-0.25, -0.2) is 0 Å². The van der Waals surface area contributed by atoms with Crippen molar-refractivity contribution in [3.63, 3.8) is 0 Å². The van der Waals surface area contributed by atoms with Gasteiger partial charge in [0.1, 0.15) is 0 Å². The molecule has 0 spiro atoms. The first kappa shape index (κ1) is 36.2. The van der Waals surface area contributed by atoms with Crippen molar-refractivity contribution in [2.24, 2.45) is 0 Å². The van der Waals surface area contributed by atoms with Gasteiger partial charge in [0.25, 0.3) is 0 Å². The van der Waals surface area contributed by atoms with Gasteiger partial charge in [-0.15, -0.1) is 0 Å². The molecule has 0 aliphatic carbocycles. The zero-order chi connectivity index (χ0) is 28.2. The van der Waals surface area contributed by atoms with Crippen molar-refractivity contribution in [3.8, 4) is 0 Å². The predicted molar refractivity (Wildman–Crippen MR) is 154 cm³/mol. The van der Waals surface area contributed by atoms with Crippen molar-refractivity contribution < 1.29 is 26.0 Å². The van der Waals surface area contributed by atoms with Crippen LogP contribution in [0.25, 0.3) is 0 Å². The number of carboxylic acids is 2. The predicted octanol–water partition coefficient (Wildman–Crippen LogP) is 8.25. The molecule has 0 unspecified atom stereocenters. The van der Waals surface area contributed by atoms with Crippen molar-refractivity contribution in [1.29, 1.82) is 0 Å². The molecular formula is C28H56O6Sn2. The molecule has 0 bridgehead atoms. The summed E-state index contributed by atoms with van der Waals surface area (Å²) >= 11 is -8.42. The second kappa shape index (κ2) is 16.3. The van der Waals surface area contributed by atoms with E-state index in [-0.39, 0.29) is 7.18 Å². The third-order valence-corrected chi connectivity index (χ3v) is 35.2. The van der Waals surface area contributed by atoms with E-state index in [2.05, 4.69) is 27.7 Å². The summed E-state index contributed by atoms with van der Waals surface area (Å²) < 4.78 is 16.9. The van der Waals surface area contributed by atoms with Gasteiger partial charge in [-0.05, 0) is 0 Å². The number of aliphatic carboxylic acids is 2. The summed E-state index contributed by atoms with van der Waals surface area (Å²) in [4.78, 5) is 26.6. The van der Waals surface area contributed by atoms with Crippen LogP contribution in [0.5, 0.6) is 0 Å². The van der Waals surface area contributed by atoms with Crippen LogP contribution in [-0.2, 0) is 15.7 Å². The number of hydrogen-bond donors (Lipinski definition) is 2. The molecule has 0 aromatic carbocycles. The van der Waals surface area contributed by atoms with Gasteiger partial charge in [0.05, 0.1) is 0 Å². The number of carbonyl (C=O) groups is 2. The Morgan fingerprint density at radius 1 is 0.556 bits per heavy atom. The van der Waals surface area contributed by atoms with E-state index < -0.39 is 60.7 Å². The van der Waals surface area contributed by atoms with Crippen LogP contribution < -0.4 is 0 Å². The van der Waals surface area contributed by atoms with E-state index in [1.807, 2.05) is 41.5 Å². The van der Waals surface area contributed by atoms with E-state index in [9.17, 15) is 19.8 Å². The molecule has 0 aliphatic rings. The molecular weight excluding hydrogens is 670 g/mol. The molecule has 2 N–H and O–H groups in total. The molecule has 0 rings (SSSR count). The Morgan fingerprint density at radius 3 is 0.917 bits per heavy atom. The van der Waals surface area contributed by atoms with Crippen LogP contribution in [0.4, 0.5) is 0 Å². The standard InChI is InChI=1S/C4H2O4.2C4H9O.4C4H9.2Sn/c5-3(6)1-2-4(7)8;2*1-4(2,3)5;4*1-3-4-2;;/h(H,5,6)(H,7,8);2*1-3H3;4*1,3-4H2,2H3;;/q;2*-1;;;;;2*+1. The molecule has 0 radical (unpaired) electrons. The van der Waals surface area contributed by atoms with E-state index >= 15 is 0 Å². The minimum atomic E-state index is -4.21. The van der Waals surface area contributed by atoms with Gasteiger partial charge in [-0.3, -0.25) is 0 Å². The van der Waals surface area contributed by atoms with Gasteiger partial charge in [0.2, 0.25) is 0 Å². The van der Waals surface area contributed by atoms with Gasteiger partial charge in [0, 0.05) is 0 Å². The Morgan fingerprint density at radius 2 is 0.778 bits per heavy atom. The number of rotatable bonds is 18. The molecule has 0 fully saturated rings. The summed E-state index contributed by atoms with van der Waals surface area (Å²) in [5, 5.41) is 21.7. The zero-order valence-corrected chi connectivity index (χ0v) is 30.7. The molecule has 0 aromatic heterocycles. The topological polar surface area (TPSA) is 93.1 Å². The third kappa shape index (κ3) is 11.9. The molecule has 212 valence electrons. The van der Waals surface area contributed by atoms with E-state index in [0.29, 0.717) is 17.7 Å². The van der Waals surface area contributed by atoms with Crippen LogP contribution in [0.2, 0.25) is 17.7 Å². The summed E-state index contributed by atoms with van der Waals surface area (Å²) in [6, 6.07) is 0. The maximum absolute atomic E-state index is 13.3.